The van der Waals surface area contributed by atoms with Crippen LogP contribution in [0, 0.1) is 6.92 Å². The van der Waals surface area contributed by atoms with E-state index < -0.39 is 0 Å². The Morgan fingerprint density at radius 1 is 0.842 bits per heavy atom. The van der Waals surface area contributed by atoms with Gasteiger partial charge in [0.2, 0.25) is 0 Å². The van der Waals surface area contributed by atoms with Crippen LogP contribution in [-0.2, 0) is 0 Å². The minimum atomic E-state index is 0.727. The zero-order valence-electron chi connectivity index (χ0n) is 10.3. The second kappa shape index (κ2) is 4.84. The van der Waals surface area contributed by atoms with Gasteiger partial charge in [0.15, 0.2) is 0 Å². The molecule has 0 amide bonds. The third-order valence-corrected chi connectivity index (χ3v) is 3.69. The lowest BCUT2D eigenvalue weighted by Gasteiger charge is -2.09. The lowest BCUT2D eigenvalue weighted by Crippen LogP contribution is -1.88. The highest BCUT2D eigenvalue weighted by Gasteiger charge is 2.07. The maximum atomic E-state index is 6.06. The van der Waals surface area contributed by atoms with Crippen molar-refractivity contribution in [3.63, 3.8) is 0 Å². The monoisotopic (exact) mass is 287 g/mol. The fourth-order valence-electron chi connectivity index (χ4n) is 2.21. The number of fused-ring (bicyclic) bond motifs is 1. The average molecular weight is 288 g/mol. The molecule has 0 unspecified atom stereocenters. The molecule has 3 heteroatoms. The number of hydrogen-bond donors (Lipinski definition) is 0. The highest BCUT2D eigenvalue weighted by molar-refractivity contribution is 6.31. The number of rotatable bonds is 1. The Morgan fingerprint density at radius 2 is 1.53 bits per heavy atom. The van der Waals surface area contributed by atoms with E-state index in [2.05, 4.69) is 4.98 Å². The molecule has 0 atom stereocenters. The molecule has 94 valence electrons. The molecule has 0 N–H and O–H groups in total. The smallest absolute Gasteiger partial charge is 0.0451 e. The first-order chi connectivity index (χ1) is 9.15. The Hall–Kier alpha value is -1.57. The van der Waals surface area contributed by atoms with Crippen LogP contribution in [0.25, 0.3) is 21.9 Å². The number of aromatic nitrogens is 1. The van der Waals surface area contributed by atoms with Gasteiger partial charge in [0, 0.05) is 32.9 Å². The Balaban J connectivity index is 2.30. The van der Waals surface area contributed by atoms with E-state index in [0.29, 0.717) is 0 Å². The Kier molecular flexibility index (Phi) is 3.17. The van der Waals surface area contributed by atoms with E-state index in [1.807, 2.05) is 55.6 Å². The first-order valence-corrected chi connectivity index (χ1v) is 6.71. The Morgan fingerprint density at radius 3 is 2.26 bits per heavy atom. The maximum Gasteiger partial charge on any atom is 0.0451 e. The lowest BCUT2D eigenvalue weighted by atomic mass is 9.99. The fourth-order valence-corrected chi connectivity index (χ4v) is 2.51. The maximum absolute atomic E-state index is 6.06. The van der Waals surface area contributed by atoms with Crippen molar-refractivity contribution in [1.82, 2.24) is 4.98 Å². The second-order valence-corrected chi connectivity index (χ2v) is 5.33. The van der Waals surface area contributed by atoms with Crippen molar-refractivity contribution in [2.75, 3.05) is 0 Å². The summed E-state index contributed by atoms with van der Waals surface area (Å²) in [7, 11) is 0. The van der Waals surface area contributed by atoms with Crippen LogP contribution in [0.1, 0.15) is 5.69 Å². The molecule has 19 heavy (non-hydrogen) atoms. The average Bonchev–Trinajstić information content (AvgIpc) is 2.41. The summed E-state index contributed by atoms with van der Waals surface area (Å²) in [4.78, 5) is 4.46. The molecule has 0 saturated heterocycles. The van der Waals surface area contributed by atoms with Crippen LogP contribution >= 0.6 is 23.2 Å². The van der Waals surface area contributed by atoms with Gasteiger partial charge in [-0.05, 0) is 42.1 Å². The molecule has 3 aromatic rings. The molecule has 0 radical (unpaired) electrons. The van der Waals surface area contributed by atoms with Gasteiger partial charge in [-0.15, -0.1) is 0 Å². The molecule has 0 spiro atoms. The summed E-state index contributed by atoms with van der Waals surface area (Å²) in [5.74, 6) is 0. The van der Waals surface area contributed by atoms with E-state index in [1.54, 1.807) is 0 Å². The third-order valence-electron chi connectivity index (χ3n) is 3.20. The van der Waals surface area contributed by atoms with Crippen molar-refractivity contribution in [2.24, 2.45) is 0 Å². The molecule has 1 nitrogen and oxygen atoms in total. The number of hydrogen-bond acceptors (Lipinski definition) is 1. The van der Waals surface area contributed by atoms with Crippen LogP contribution in [0.15, 0.2) is 48.7 Å². The molecule has 0 aliphatic carbocycles. The van der Waals surface area contributed by atoms with E-state index in [0.717, 1.165) is 37.6 Å². The van der Waals surface area contributed by atoms with Gasteiger partial charge in [0.1, 0.15) is 0 Å². The van der Waals surface area contributed by atoms with E-state index in [-0.39, 0.29) is 0 Å². The summed E-state index contributed by atoms with van der Waals surface area (Å²) in [5.41, 5.74) is 3.17. The Bertz CT molecular complexity index is 749. The topological polar surface area (TPSA) is 12.9 Å². The predicted octanol–water partition coefficient (Wildman–Crippen LogP) is 5.52. The summed E-state index contributed by atoms with van der Waals surface area (Å²) in [6, 6.07) is 13.7. The van der Waals surface area contributed by atoms with Crippen LogP contribution in [0.5, 0.6) is 0 Å². The van der Waals surface area contributed by atoms with E-state index in [4.69, 9.17) is 23.2 Å². The molecule has 2 aromatic carbocycles. The molecule has 0 aliphatic heterocycles. The lowest BCUT2D eigenvalue weighted by molar-refractivity contribution is 1.24. The van der Waals surface area contributed by atoms with Crippen molar-refractivity contribution >= 4 is 34.0 Å². The third kappa shape index (κ3) is 2.32. The number of nitrogens with zero attached hydrogens (tertiary/aromatic N) is 1. The summed E-state index contributed by atoms with van der Waals surface area (Å²) >= 11 is 12.0. The molecular formula is C16H11Cl2N. The van der Waals surface area contributed by atoms with Crippen molar-refractivity contribution in [2.45, 2.75) is 6.92 Å². The first-order valence-electron chi connectivity index (χ1n) is 5.96. The Labute approximate surface area is 121 Å². The van der Waals surface area contributed by atoms with Gasteiger partial charge in [0.25, 0.3) is 0 Å². The summed E-state index contributed by atoms with van der Waals surface area (Å²) in [6.07, 6.45) is 1.90. The molecule has 1 aromatic heterocycles. The fraction of sp³-hybridized carbons (Fsp3) is 0.0625. The molecule has 0 bridgehead atoms. The van der Waals surface area contributed by atoms with Gasteiger partial charge in [-0.1, -0.05) is 41.4 Å². The minimum Gasteiger partial charge on any atom is -0.260 e. The summed E-state index contributed by atoms with van der Waals surface area (Å²) in [6.45, 7) is 1.99. The highest BCUT2D eigenvalue weighted by atomic mass is 35.5. The van der Waals surface area contributed by atoms with Gasteiger partial charge < -0.3 is 0 Å². The van der Waals surface area contributed by atoms with Gasteiger partial charge >= 0.3 is 0 Å². The van der Waals surface area contributed by atoms with Crippen molar-refractivity contribution < 1.29 is 0 Å². The first kappa shape index (κ1) is 12.5. The van der Waals surface area contributed by atoms with Crippen molar-refractivity contribution in [3.05, 3.63) is 64.4 Å². The summed E-state index contributed by atoms with van der Waals surface area (Å²) in [5, 5.41) is 3.70. The molecule has 0 saturated carbocycles. The predicted molar refractivity (Wildman–Crippen MR) is 81.9 cm³/mol. The van der Waals surface area contributed by atoms with E-state index in [1.165, 1.54) is 0 Å². The summed E-state index contributed by atoms with van der Waals surface area (Å²) < 4.78 is 0. The quantitative estimate of drug-likeness (QED) is 0.574. The van der Waals surface area contributed by atoms with Crippen LogP contribution in [0.3, 0.4) is 0 Å². The standard InChI is InChI=1S/C16H11Cl2N/c1-10-15-8-13(18)6-7-14(15)16(9-19-10)11-2-4-12(17)5-3-11/h2-9H,1H3. The molecule has 3 rings (SSSR count). The van der Waals surface area contributed by atoms with Crippen LogP contribution in [0.2, 0.25) is 10.0 Å². The van der Waals surface area contributed by atoms with E-state index >= 15 is 0 Å². The van der Waals surface area contributed by atoms with Gasteiger partial charge in [-0.3, -0.25) is 4.98 Å². The number of pyridine rings is 1. The zero-order chi connectivity index (χ0) is 13.4. The van der Waals surface area contributed by atoms with E-state index in [9.17, 15) is 0 Å². The largest absolute Gasteiger partial charge is 0.260 e. The minimum absolute atomic E-state index is 0.727. The van der Waals surface area contributed by atoms with Crippen molar-refractivity contribution in [3.8, 4) is 11.1 Å². The zero-order valence-corrected chi connectivity index (χ0v) is 11.8. The second-order valence-electron chi connectivity index (χ2n) is 4.45. The number of aryl methyl sites for hydroxylation is 1. The van der Waals surface area contributed by atoms with Crippen LogP contribution < -0.4 is 0 Å². The molecular weight excluding hydrogens is 277 g/mol. The van der Waals surface area contributed by atoms with Crippen LogP contribution in [0.4, 0.5) is 0 Å². The number of benzene rings is 2. The molecule has 1 heterocycles. The van der Waals surface area contributed by atoms with Gasteiger partial charge in [0.05, 0.1) is 0 Å². The van der Waals surface area contributed by atoms with Gasteiger partial charge in [-0.25, -0.2) is 0 Å². The molecule has 0 fully saturated rings. The number of halogens is 2. The van der Waals surface area contributed by atoms with Gasteiger partial charge in [-0.2, -0.15) is 0 Å². The van der Waals surface area contributed by atoms with Crippen LogP contribution in [-0.4, -0.2) is 4.98 Å². The van der Waals surface area contributed by atoms with Crippen molar-refractivity contribution in [1.29, 1.82) is 0 Å². The normalized spacial score (nSPS) is 10.9. The SMILES string of the molecule is Cc1ncc(-c2ccc(Cl)cc2)c2ccc(Cl)cc12. The highest BCUT2D eigenvalue weighted by Crippen LogP contribution is 2.31. The molecule has 0 aliphatic rings.